The van der Waals surface area contributed by atoms with Crippen molar-refractivity contribution in [1.29, 1.82) is 0 Å². The van der Waals surface area contributed by atoms with Crippen molar-refractivity contribution >= 4 is 42.9 Å². The van der Waals surface area contributed by atoms with E-state index in [2.05, 4.69) is 76.6 Å². The maximum Gasteiger partial charge on any atom is 0.0215 e. The minimum absolute atomic E-state index is 0. The van der Waals surface area contributed by atoms with Crippen molar-refractivity contribution in [2.45, 2.75) is 23.3 Å². The Bertz CT molecular complexity index is 549. The van der Waals surface area contributed by atoms with Crippen LogP contribution in [0.4, 0.5) is 0 Å². The SMILES string of the molecule is Br[C@@H]1C[C@]12C[C@@H]2P(c1ccccc1)c1ccccc1.[B]. The minimum Gasteiger partial charge on any atom is -0.0884 e. The van der Waals surface area contributed by atoms with Gasteiger partial charge in [0.1, 0.15) is 0 Å². The Hall–Kier alpha value is -0.585. The summed E-state index contributed by atoms with van der Waals surface area (Å²) in [5.41, 5.74) is 1.54. The molecule has 0 aromatic heterocycles. The minimum atomic E-state index is -0.181. The molecule has 0 aliphatic heterocycles. The molecule has 2 aromatic rings. The molecule has 1 spiro atoms. The molecule has 2 aliphatic carbocycles. The Morgan fingerprint density at radius 1 is 0.850 bits per heavy atom. The van der Waals surface area contributed by atoms with Crippen LogP contribution in [0.5, 0.6) is 0 Å². The summed E-state index contributed by atoms with van der Waals surface area (Å²) in [4.78, 5) is 0.780. The fourth-order valence-corrected chi connectivity index (χ4v) is 7.81. The molecular formula is C17H16BBrP. The summed E-state index contributed by atoms with van der Waals surface area (Å²) in [5, 5.41) is 3.08. The van der Waals surface area contributed by atoms with Crippen LogP contribution in [-0.2, 0) is 0 Å². The quantitative estimate of drug-likeness (QED) is 0.454. The molecule has 0 saturated heterocycles. The second-order valence-electron chi connectivity index (χ2n) is 5.67. The van der Waals surface area contributed by atoms with Crippen molar-refractivity contribution in [3.8, 4) is 0 Å². The van der Waals surface area contributed by atoms with Gasteiger partial charge in [-0.25, -0.2) is 0 Å². The topological polar surface area (TPSA) is 0 Å². The molecule has 0 nitrogen and oxygen atoms in total. The molecule has 99 valence electrons. The second kappa shape index (κ2) is 5.32. The van der Waals surface area contributed by atoms with Crippen molar-refractivity contribution < 1.29 is 0 Å². The third kappa shape index (κ3) is 2.28. The van der Waals surface area contributed by atoms with E-state index in [1.54, 1.807) is 0 Å². The van der Waals surface area contributed by atoms with E-state index in [1.807, 2.05) is 0 Å². The van der Waals surface area contributed by atoms with Crippen molar-refractivity contribution in [3.63, 3.8) is 0 Å². The van der Waals surface area contributed by atoms with Crippen molar-refractivity contribution in [2.24, 2.45) is 5.41 Å². The summed E-state index contributed by atoms with van der Waals surface area (Å²) >= 11 is 3.83. The maximum absolute atomic E-state index is 3.83. The second-order valence-corrected chi connectivity index (χ2v) is 9.17. The Morgan fingerprint density at radius 2 is 1.30 bits per heavy atom. The first-order chi connectivity index (χ1) is 9.31. The van der Waals surface area contributed by atoms with E-state index in [4.69, 9.17) is 0 Å². The zero-order valence-corrected chi connectivity index (χ0v) is 13.7. The molecule has 0 unspecified atom stereocenters. The van der Waals surface area contributed by atoms with Crippen molar-refractivity contribution in [2.75, 3.05) is 0 Å². The van der Waals surface area contributed by atoms with Crippen molar-refractivity contribution in [1.82, 2.24) is 0 Å². The number of benzene rings is 2. The summed E-state index contributed by atoms with van der Waals surface area (Å²) in [6.45, 7) is 0. The van der Waals surface area contributed by atoms with Gasteiger partial charge in [-0.2, -0.15) is 0 Å². The standard InChI is InChI=1S/C17H16BrP.B/c18-15-11-17(15)12-16(17)19(13-7-3-1-4-8-13)14-9-5-2-6-10-14;/h1-10,15-16H,11-12H2;/t15-,16+,17+;/m1./s1. The molecule has 3 atom stereocenters. The van der Waals surface area contributed by atoms with Crippen LogP contribution >= 0.6 is 23.9 Å². The van der Waals surface area contributed by atoms with Gasteiger partial charge in [0.2, 0.25) is 0 Å². The highest BCUT2D eigenvalue weighted by Gasteiger charge is 2.71. The zero-order valence-electron chi connectivity index (χ0n) is 11.2. The number of rotatable bonds is 3. The first kappa shape index (κ1) is 14.4. The normalized spacial score (nSPS) is 30.1. The fraction of sp³-hybridized carbons (Fsp3) is 0.294. The Morgan fingerprint density at radius 3 is 1.65 bits per heavy atom. The largest absolute Gasteiger partial charge is 0.0884 e. The van der Waals surface area contributed by atoms with Crippen LogP contribution < -0.4 is 10.6 Å². The molecule has 2 fully saturated rings. The molecule has 20 heavy (non-hydrogen) atoms. The maximum atomic E-state index is 3.83. The van der Waals surface area contributed by atoms with E-state index >= 15 is 0 Å². The van der Waals surface area contributed by atoms with E-state index in [0.717, 1.165) is 10.5 Å². The third-order valence-corrected chi connectivity index (χ3v) is 8.74. The monoisotopic (exact) mass is 341 g/mol. The fourth-order valence-electron chi connectivity index (χ4n) is 3.17. The van der Waals surface area contributed by atoms with Crippen LogP contribution in [0.3, 0.4) is 0 Å². The third-order valence-electron chi connectivity index (χ3n) is 4.48. The van der Waals surface area contributed by atoms with E-state index < -0.39 is 0 Å². The van der Waals surface area contributed by atoms with Gasteiger partial charge in [0.15, 0.2) is 0 Å². The predicted molar refractivity (Wildman–Crippen MR) is 93.0 cm³/mol. The van der Waals surface area contributed by atoms with E-state index in [0.29, 0.717) is 5.41 Å². The highest BCUT2D eigenvalue weighted by molar-refractivity contribution is 9.09. The number of halogens is 1. The Labute approximate surface area is 132 Å². The molecule has 0 amide bonds. The van der Waals surface area contributed by atoms with E-state index in [-0.39, 0.29) is 16.3 Å². The smallest absolute Gasteiger partial charge is 0.0215 e. The van der Waals surface area contributed by atoms with E-state index in [1.165, 1.54) is 23.5 Å². The van der Waals surface area contributed by atoms with Crippen LogP contribution in [0.25, 0.3) is 0 Å². The van der Waals surface area contributed by atoms with Crippen LogP contribution in [0.2, 0.25) is 0 Å². The predicted octanol–water partition coefficient (Wildman–Crippen LogP) is 3.66. The molecule has 0 N–H and O–H groups in total. The van der Waals surface area contributed by atoms with Crippen LogP contribution in [0.1, 0.15) is 12.8 Å². The van der Waals surface area contributed by atoms with E-state index in [9.17, 15) is 0 Å². The lowest BCUT2D eigenvalue weighted by atomic mass is 10.4. The summed E-state index contributed by atoms with van der Waals surface area (Å²) in [6.07, 6.45) is 2.80. The molecule has 3 radical (unpaired) electrons. The van der Waals surface area contributed by atoms with Crippen LogP contribution in [0, 0.1) is 5.41 Å². The molecule has 4 rings (SSSR count). The summed E-state index contributed by atoms with van der Waals surface area (Å²) in [6, 6.07) is 22.2. The van der Waals surface area contributed by atoms with Crippen molar-refractivity contribution in [3.05, 3.63) is 60.7 Å². The molecule has 3 heteroatoms. The molecule has 0 heterocycles. The van der Waals surface area contributed by atoms with Gasteiger partial charge in [0.05, 0.1) is 0 Å². The van der Waals surface area contributed by atoms with Gasteiger partial charge in [0, 0.05) is 13.2 Å². The van der Waals surface area contributed by atoms with Crippen LogP contribution in [-0.4, -0.2) is 18.9 Å². The molecular weight excluding hydrogens is 326 g/mol. The summed E-state index contributed by atoms with van der Waals surface area (Å²) < 4.78 is 0. The molecule has 2 aliphatic rings. The Kier molecular flexibility index (Phi) is 3.82. The van der Waals surface area contributed by atoms with Gasteiger partial charge >= 0.3 is 0 Å². The lowest BCUT2D eigenvalue weighted by molar-refractivity contribution is 0.910. The van der Waals surface area contributed by atoms with Crippen LogP contribution in [0.15, 0.2) is 60.7 Å². The first-order valence-electron chi connectivity index (χ1n) is 6.85. The highest BCUT2D eigenvalue weighted by atomic mass is 79.9. The van der Waals surface area contributed by atoms with Gasteiger partial charge in [-0.05, 0) is 42.4 Å². The molecule has 2 aromatic carbocycles. The molecule has 0 bridgehead atoms. The summed E-state index contributed by atoms with van der Waals surface area (Å²) in [7, 11) is -0.181. The highest BCUT2D eigenvalue weighted by Crippen LogP contribution is 2.78. The number of hydrogen-bond donors (Lipinski definition) is 0. The molecule has 2 saturated carbocycles. The lowest BCUT2D eigenvalue weighted by Gasteiger charge is -2.19. The van der Waals surface area contributed by atoms with Gasteiger partial charge in [0.25, 0.3) is 0 Å². The van der Waals surface area contributed by atoms with Gasteiger partial charge in [-0.3, -0.25) is 0 Å². The lowest BCUT2D eigenvalue weighted by Crippen LogP contribution is -2.15. The van der Waals surface area contributed by atoms with Gasteiger partial charge in [-0.1, -0.05) is 76.6 Å². The Balaban J connectivity index is 0.00000121. The van der Waals surface area contributed by atoms with Gasteiger partial charge < -0.3 is 0 Å². The van der Waals surface area contributed by atoms with Gasteiger partial charge in [-0.15, -0.1) is 0 Å². The summed E-state index contributed by atoms with van der Waals surface area (Å²) in [5.74, 6) is 0. The number of alkyl halides is 1. The average Bonchev–Trinajstić information content (AvgIpc) is 3.32. The first-order valence-corrected chi connectivity index (χ1v) is 9.17. The number of hydrogen-bond acceptors (Lipinski definition) is 0. The zero-order chi connectivity index (χ0) is 12.9. The average molecular weight is 342 g/mol.